The number of hydrogen-bond acceptors (Lipinski definition) is 21. The summed E-state index contributed by atoms with van der Waals surface area (Å²) in [5.74, 6) is 0. The zero-order chi connectivity index (χ0) is 49.8. The molecule has 4 saturated heterocycles. The first-order valence-electron chi connectivity index (χ1n) is 25.4. The van der Waals surface area contributed by atoms with E-state index in [2.05, 4.69) is 13.8 Å². The van der Waals surface area contributed by atoms with Gasteiger partial charge >= 0.3 is 0 Å². The Bertz CT molecular complexity index is 1300. The summed E-state index contributed by atoms with van der Waals surface area (Å²) in [4.78, 5) is 0. The van der Waals surface area contributed by atoms with Gasteiger partial charge in [-0.3, -0.25) is 0 Å². The van der Waals surface area contributed by atoms with E-state index in [4.69, 9.17) is 37.9 Å². The van der Waals surface area contributed by atoms with Gasteiger partial charge in [-0.1, -0.05) is 117 Å². The molecule has 0 amide bonds. The SMILES string of the molecule is CCCCCCCCCCC(CCCCCCCCCC)(COC1OC(CO)[C@H](OC2OC(CO)[C@H](O)[C@@H](O)[C@H]2O)[C@@H](O)[C@H]1O)CO[C@H]1OC(CO)[C@H](O[C@H]2C[C@H](O)[C@@H](O)C(CO)O2)[C@@H](O)C1O. The number of hydrogen-bond donors (Lipinski definition) is 13. The lowest BCUT2D eigenvalue weighted by Crippen LogP contribution is -2.64. The normalized spacial score (nSPS) is 38.2. The Morgan fingerprint density at radius 2 is 0.779 bits per heavy atom. The van der Waals surface area contributed by atoms with E-state index in [1.165, 1.54) is 12.8 Å². The third-order valence-electron chi connectivity index (χ3n) is 14.0. The quantitative estimate of drug-likeness (QED) is 0.0372. The van der Waals surface area contributed by atoms with Gasteiger partial charge in [0.15, 0.2) is 25.2 Å². The van der Waals surface area contributed by atoms with Crippen LogP contribution in [-0.4, -0.2) is 223 Å². The molecule has 4 fully saturated rings. The highest BCUT2D eigenvalue weighted by Gasteiger charge is 2.52. The highest BCUT2D eigenvalue weighted by atomic mass is 16.8. The second kappa shape index (κ2) is 31.0. The minimum atomic E-state index is -1.83. The lowest BCUT2D eigenvalue weighted by molar-refractivity contribution is -0.362. The summed E-state index contributed by atoms with van der Waals surface area (Å²) >= 11 is 0. The maximum atomic E-state index is 11.4. The largest absolute Gasteiger partial charge is 0.394 e. The molecule has 13 N–H and O–H groups in total. The van der Waals surface area contributed by atoms with Crippen LogP contribution in [0.25, 0.3) is 0 Å². The third-order valence-corrected chi connectivity index (χ3v) is 14.0. The number of ether oxygens (including phenoxy) is 8. The predicted molar refractivity (Wildman–Crippen MR) is 240 cm³/mol. The van der Waals surface area contributed by atoms with E-state index in [9.17, 15) is 66.4 Å². The molecule has 402 valence electrons. The maximum absolute atomic E-state index is 11.4. The van der Waals surface area contributed by atoms with Gasteiger partial charge in [0.1, 0.15) is 85.5 Å². The van der Waals surface area contributed by atoms with E-state index in [1.807, 2.05) is 0 Å². The summed E-state index contributed by atoms with van der Waals surface area (Å²) in [6, 6.07) is 0. The number of aliphatic hydroxyl groups is 13. The molecule has 21 heteroatoms. The van der Waals surface area contributed by atoms with Crippen LogP contribution in [0.3, 0.4) is 0 Å². The molecule has 0 aromatic rings. The van der Waals surface area contributed by atoms with E-state index >= 15 is 0 Å². The van der Waals surface area contributed by atoms with E-state index < -0.39 is 149 Å². The van der Waals surface area contributed by atoms with E-state index in [0.29, 0.717) is 12.8 Å². The van der Waals surface area contributed by atoms with Crippen LogP contribution in [0.2, 0.25) is 0 Å². The van der Waals surface area contributed by atoms with Gasteiger partial charge in [-0.2, -0.15) is 0 Å². The lowest BCUT2D eigenvalue weighted by atomic mass is 9.79. The zero-order valence-electron chi connectivity index (χ0n) is 40.2. The molecule has 0 bridgehead atoms. The molecule has 4 heterocycles. The van der Waals surface area contributed by atoms with Crippen molar-refractivity contribution in [3.63, 3.8) is 0 Å². The Balaban J connectivity index is 1.53. The Kier molecular flexibility index (Phi) is 27.2. The summed E-state index contributed by atoms with van der Waals surface area (Å²) < 4.78 is 47.4. The molecule has 4 aliphatic heterocycles. The molecule has 0 aromatic carbocycles. The van der Waals surface area contributed by atoms with Crippen molar-refractivity contribution >= 4 is 0 Å². The molecule has 0 aromatic heterocycles. The number of aliphatic hydroxyl groups excluding tert-OH is 13. The molecule has 0 radical (unpaired) electrons. The second-order valence-electron chi connectivity index (χ2n) is 19.5. The van der Waals surface area contributed by atoms with Crippen molar-refractivity contribution in [2.24, 2.45) is 5.41 Å². The smallest absolute Gasteiger partial charge is 0.187 e. The monoisotopic (exact) mass is 989 g/mol. The summed E-state index contributed by atoms with van der Waals surface area (Å²) in [7, 11) is 0. The van der Waals surface area contributed by atoms with Crippen molar-refractivity contribution in [2.75, 3.05) is 39.6 Å². The standard InChI is InChI=1S/C47H88O21/c1-3-5-7-9-11-13-15-17-19-47(20-18-16-14-12-10-8-6-4-2,26-61-44-40(59)37(56)42(31(24-50)65-44)67-33-21-28(52)34(53)29(22-48)63-33)27-62-45-41(60)38(57)43(32(25-51)66-45)68-46-39(58)36(55)35(54)30(23-49)64-46/h28-46,48-60H,3-27H2,1-2H3/t28-,29?,30?,31?,32?,33-,34+,35-,36+,37-,38-,39+,40?,41+,42-,43-,44-,45?,46?/m0/s1. The van der Waals surface area contributed by atoms with Gasteiger partial charge in [0.2, 0.25) is 0 Å². The van der Waals surface area contributed by atoms with Gasteiger partial charge in [0.05, 0.1) is 45.7 Å². The van der Waals surface area contributed by atoms with Gasteiger partial charge in [-0.15, -0.1) is 0 Å². The Morgan fingerprint density at radius 1 is 0.397 bits per heavy atom. The Labute approximate surface area is 401 Å². The fourth-order valence-corrected chi connectivity index (χ4v) is 9.62. The molecular formula is C47H88O21. The number of rotatable bonds is 32. The average molecular weight is 989 g/mol. The minimum absolute atomic E-state index is 0.0935. The number of unbranched alkanes of at least 4 members (excludes halogenated alkanes) is 14. The van der Waals surface area contributed by atoms with E-state index in [0.717, 1.165) is 89.9 Å². The first-order valence-corrected chi connectivity index (χ1v) is 25.4. The van der Waals surface area contributed by atoms with Gasteiger partial charge in [0.25, 0.3) is 0 Å². The predicted octanol–water partition coefficient (Wildman–Crippen LogP) is -0.655. The van der Waals surface area contributed by atoms with Crippen LogP contribution in [0.4, 0.5) is 0 Å². The zero-order valence-corrected chi connectivity index (χ0v) is 40.2. The topological polar surface area (TPSA) is 337 Å². The van der Waals surface area contributed by atoms with E-state index in [1.54, 1.807) is 0 Å². The van der Waals surface area contributed by atoms with E-state index in [-0.39, 0.29) is 19.6 Å². The van der Waals surface area contributed by atoms with Gasteiger partial charge in [-0.05, 0) is 12.8 Å². The summed E-state index contributed by atoms with van der Waals surface area (Å²) in [5, 5.41) is 137. The van der Waals surface area contributed by atoms with Crippen molar-refractivity contribution in [3.05, 3.63) is 0 Å². The van der Waals surface area contributed by atoms with Crippen LogP contribution in [-0.2, 0) is 37.9 Å². The van der Waals surface area contributed by atoms with Crippen LogP contribution in [0.1, 0.15) is 136 Å². The highest BCUT2D eigenvalue weighted by molar-refractivity contribution is 4.96. The van der Waals surface area contributed by atoms with Crippen molar-refractivity contribution < 1.29 is 104 Å². The third kappa shape index (κ3) is 17.1. The molecule has 0 aliphatic carbocycles. The highest BCUT2D eigenvalue weighted by Crippen LogP contribution is 2.38. The van der Waals surface area contributed by atoms with Crippen molar-refractivity contribution in [3.8, 4) is 0 Å². The Hall–Kier alpha value is -0.840. The summed E-state index contributed by atoms with van der Waals surface area (Å²) in [6.45, 7) is 1.36. The van der Waals surface area contributed by atoms with Crippen LogP contribution < -0.4 is 0 Å². The van der Waals surface area contributed by atoms with Gasteiger partial charge in [-0.25, -0.2) is 0 Å². The maximum Gasteiger partial charge on any atom is 0.187 e. The van der Waals surface area contributed by atoms with Crippen LogP contribution >= 0.6 is 0 Å². The first-order chi connectivity index (χ1) is 32.7. The average Bonchev–Trinajstić information content (AvgIpc) is 3.33. The molecule has 19 atom stereocenters. The van der Waals surface area contributed by atoms with Crippen molar-refractivity contribution in [1.29, 1.82) is 0 Å². The Morgan fingerprint density at radius 3 is 1.22 bits per heavy atom. The second-order valence-corrected chi connectivity index (χ2v) is 19.5. The van der Waals surface area contributed by atoms with Crippen molar-refractivity contribution in [2.45, 2.75) is 253 Å². The molecule has 4 rings (SSSR count). The molecule has 4 aliphatic rings. The molecular weight excluding hydrogens is 900 g/mol. The molecule has 0 saturated carbocycles. The van der Waals surface area contributed by atoms with Crippen LogP contribution in [0.15, 0.2) is 0 Å². The van der Waals surface area contributed by atoms with Crippen LogP contribution in [0, 0.1) is 5.41 Å². The molecule has 0 spiro atoms. The fourth-order valence-electron chi connectivity index (χ4n) is 9.62. The minimum Gasteiger partial charge on any atom is -0.394 e. The molecule has 21 nitrogen and oxygen atoms in total. The van der Waals surface area contributed by atoms with Crippen LogP contribution in [0.5, 0.6) is 0 Å². The molecule has 7 unspecified atom stereocenters. The lowest BCUT2D eigenvalue weighted by Gasteiger charge is -2.47. The molecule has 68 heavy (non-hydrogen) atoms. The van der Waals surface area contributed by atoms with Gasteiger partial charge in [0, 0.05) is 11.8 Å². The fraction of sp³-hybridized carbons (Fsp3) is 1.00. The summed E-state index contributed by atoms with van der Waals surface area (Å²) in [6.07, 6.45) is -11.3. The van der Waals surface area contributed by atoms with Gasteiger partial charge < -0.3 is 104 Å². The summed E-state index contributed by atoms with van der Waals surface area (Å²) in [5.41, 5.74) is -0.834. The van der Waals surface area contributed by atoms with Crippen molar-refractivity contribution in [1.82, 2.24) is 0 Å². The first kappa shape index (κ1) is 59.7.